The molecule has 0 saturated heterocycles. The summed E-state index contributed by atoms with van der Waals surface area (Å²) in [5.41, 5.74) is -0.222. The summed E-state index contributed by atoms with van der Waals surface area (Å²) in [5, 5.41) is 12.1. The maximum Gasteiger partial charge on any atom is 0.418 e. The number of hydrogen-bond donors (Lipinski definition) is 2. The lowest BCUT2D eigenvalue weighted by atomic mass is 9.99. The highest BCUT2D eigenvalue weighted by atomic mass is 19.1. The van der Waals surface area contributed by atoms with Crippen molar-refractivity contribution in [3.63, 3.8) is 0 Å². The number of nitrogens with one attached hydrogen (secondary N) is 1. The number of carboxylic acid groups (broad SMARTS) is 1. The molecule has 137 valence electrons. The zero-order valence-electron chi connectivity index (χ0n) is 14.3. The minimum Gasteiger partial charge on any atom is -0.480 e. The van der Waals surface area contributed by atoms with E-state index in [-0.39, 0.29) is 24.3 Å². The van der Waals surface area contributed by atoms with Crippen LogP contribution in [0.3, 0.4) is 0 Å². The predicted octanol–water partition coefficient (Wildman–Crippen LogP) is 1.53. The number of aliphatic carboxylic acids is 1. The molecule has 0 aromatic heterocycles. The number of esters is 1. The third-order valence-electron chi connectivity index (χ3n) is 3.40. The average molecular weight is 354 g/mol. The van der Waals surface area contributed by atoms with E-state index in [1.807, 2.05) is 0 Å². The van der Waals surface area contributed by atoms with Gasteiger partial charge in [0.15, 0.2) is 0 Å². The van der Waals surface area contributed by atoms with Crippen LogP contribution >= 0.6 is 0 Å². The van der Waals surface area contributed by atoms with Crippen LogP contribution in [0.4, 0.5) is 4.39 Å². The number of carbonyl (C=O) groups excluding carboxylic acids is 2. The lowest BCUT2D eigenvalue weighted by Crippen LogP contribution is -2.46. The van der Waals surface area contributed by atoms with Gasteiger partial charge in [0, 0.05) is 13.5 Å². The van der Waals surface area contributed by atoms with Crippen LogP contribution in [0.5, 0.6) is 5.75 Å². The summed E-state index contributed by atoms with van der Waals surface area (Å²) in [6, 6.07) is 3.35. The van der Waals surface area contributed by atoms with Gasteiger partial charge >= 0.3 is 18.4 Å². The van der Waals surface area contributed by atoms with Gasteiger partial charge in [-0.3, -0.25) is 9.59 Å². The van der Waals surface area contributed by atoms with Crippen LogP contribution in [0.1, 0.15) is 31.9 Å². The number of rotatable bonds is 10. The van der Waals surface area contributed by atoms with E-state index in [4.69, 9.17) is 9.47 Å². The van der Waals surface area contributed by atoms with Crippen molar-refractivity contribution >= 4 is 18.4 Å². The highest BCUT2D eigenvalue weighted by molar-refractivity contribution is 5.74. The fourth-order valence-corrected chi connectivity index (χ4v) is 2.14. The van der Waals surface area contributed by atoms with Gasteiger partial charge in [0.2, 0.25) is 0 Å². The Bertz CT molecular complexity index is 632. The van der Waals surface area contributed by atoms with Crippen LogP contribution in [0.15, 0.2) is 18.2 Å². The first-order valence-electron chi connectivity index (χ1n) is 7.56. The molecule has 25 heavy (non-hydrogen) atoms. The summed E-state index contributed by atoms with van der Waals surface area (Å²) in [4.78, 5) is 32.7. The van der Waals surface area contributed by atoms with Gasteiger partial charge in [-0.05, 0) is 43.5 Å². The first-order valence-corrected chi connectivity index (χ1v) is 7.56. The van der Waals surface area contributed by atoms with E-state index in [0.29, 0.717) is 5.56 Å². The zero-order chi connectivity index (χ0) is 19.0. The molecule has 0 aliphatic heterocycles. The lowest BCUT2D eigenvalue weighted by Gasteiger charge is -2.25. The van der Waals surface area contributed by atoms with Crippen LogP contribution in [0.2, 0.25) is 0 Å². The average Bonchev–Trinajstić information content (AvgIpc) is 2.51. The predicted molar refractivity (Wildman–Crippen MR) is 86.6 cm³/mol. The van der Waals surface area contributed by atoms with Gasteiger partial charge in [-0.25, -0.2) is 9.18 Å². The Kier molecular flexibility index (Phi) is 7.50. The van der Waals surface area contributed by atoms with Crippen molar-refractivity contribution in [3.05, 3.63) is 29.3 Å². The Morgan fingerprint density at radius 2 is 2.04 bits per heavy atom. The summed E-state index contributed by atoms with van der Waals surface area (Å²) in [6.07, 6.45) is 0.00974. The van der Waals surface area contributed by atoms with Crippen molar-refractivity contribution in [2.75, 3.05) is 6.54 Å². The molecule has 0 aliphatic rings. The first-order chi connectivity index (χ1) is 11.7. The molecule has 0 spiro atoms. The van der Waals surface area contributed by atoms with Gasteiger partial charge in [0.1, 0.15) is 24.1 Å². The van der Waals surface area contributed by atoms with Gasteiger partial charge in [0.05, 0.1) is 0 Å². The molecule has 1 aromatic carbocycles. The molecule has 1 rings (SSSR count). The molecule has 0 amide bonds. The molecule has 1 radical (unpaired) electrons. The van der Waals surface area contributed by atoms with Crippen molar-refractivity contribution in [2.24, 2.45) is 0 Å². The van der Waals surface area contributed by atoms with Gasteiger partial charge in [0.25, 0.3) is 0 Å². The quantitative estimate of drug-likeness (QED) is 0.485. The van der Waals surface area contributed by atoms with Crippen LogP contribution < -0.4 is 10.1 Å². The van der Waals surface area contributed by atoms with Crippen LogP contribution in [0.25, 0.3) is 0 Å². The summed E-state index contributed by atoms with van der Waals surface area (Å²) in [6.45, 7) is 5.01. The maximum atomic E-state index is 13.3. The second-order valence-electron chi connectivity index (χ2n) is 6.08. The highest BCUT2D eigenvalue weighted by Crippen LogP contribution is 2.21. The molecule has 0 aliphatic carbocycles. The van der Waals surface area contributed by atoms with Gasteiger partial charge < -0.3 is 19.9 Å². The minimum atomic E-state index is -1.13. The van der Waals surface area contributed by atoms with Crippen LogP contribution in [-0.4, -0.2) is 41.7 Å². The molecular weight excluding hydrogens is 333 g/mol. The smallest absolute Gasteiger partial charge is 0.418 e. The van der Waals surface area contributed by atoms with Gasteiger partial charge in [-0.1, -0.05) is 6.07 Å². The molecule has 0 saturated carbocycles. The van der Waals surface area contributed by atoms with E-state index >= 15 is 0 Å². The number of hydrogen-bond acceptors (Lipinski definition) is 6. The molecule has 0 bridgehead atoms. The fraction of sp³-hybridized carbons (Fsp3) is 0.471. The van der Waals surface area contributed by atoms with Crippen LogP contribution in [-0.2, 0) is 32.2 Å². The van der Waals surface area contributed by atoms with E-state index in [2.05, 4.69) is 5.32 Å². The van der Waals surface area contributed by atoms with E-state index in [9.17, 15) is 23.9 Å². The number of halogens is 1. The van der Waals surface area contributed by atoms with Gasteiger partial charge in [-0.2, -0.15) is 0 Å². The molecule has 8 heteroatoms. The molecule has 0 unspecified atom stereocenters. The summed E-state index contributed by atoms with van der Waals surface area (Å²) in [7, 11) is 0. The normalized spacial score (nSPS) is 12.3. The molecule has 7 nitrogen and oxygen atoms in total. The standard InChI is InChI=1S/C17H21FNO6/c1-11(21)25-14-5-4-12(13(6-14)8-18)7-15(16(22)23)19-9-17(2,3)24-10-20/h4-6,15,19H,7-9H2,1-3H3,(H,22,23)/t15-/m0/s1. The van der Waals surface area contributed by atoms with Crippen molar-refractivity contribution in [2.45, 2.75) is 45.5 Å². The van der Waals surface area contributed by atoms with Crippen molar-refractivity contribution in [3.8, 4) is 5.75 Å². The number of carbonyl (C=O) groups is 2. The maximum absolute atomic E-state index is 13.3. The van der Waals surface area contributed by atoms with Gasteiger partial charge in [-0.15, -0.1) is 0 Å². The first kappa shape index (κ1) is 20.6. The third-order valence-corrected chi connectivity index (χ3v) is 3.40. The van der Waals surface area contributed by atoms with E-state index in [1.54, 1.807) is 13.8 Å². The minimum absolute atomic E-state index is 0.00974. The Hall–Kier alpha value is -2.48. The molecule has 2 N–H and O–H groups in total. The summed E-state index contributed by atoms with van der Waals surface area (Å²) >= 11 is 0. The highest BCUT2D eigenvalue weighted by Gasteiger charge is 2.25. The zero-order valence-corrected chi connectivity index (χ0v) is 14.3. The largest absolute Gasteiger partial charge is 0.480 e. The van der Waals surface area contributed by atoms with E-state index in [0.717, 1.165) is 0 Å². The summed E-state index contributed by atoms with van der Waals surface area (Å²) < 4.78 is 22.9. The second-order valence-corrected chi connectivity index (χ2v) is 6.08. The lowest BCUT2D eigenvalue weighted by molar-refractivity contribution is -0.139. The van der Waals surface area contributed by atoms with E-state index < -0.39 is 30.3 Å². The Balaban J connectivity index is 2.89. The number of ether oxygens (including phenoxy) is 2. The number of benzene rings is 1. The van der Waals surface area contributed by atoms with Crippen molar-refractivity contribution in [1.82, 2.24) is 5.32 Å². The third kappa shape index (κ3) is 6.88. The fourth-order valence-electron chi connectivity index (χ4n) is 2.14. The molecule has 0 heterocycles. The topological polar surface area (TPSA) is 102 Å². The molecule has 1 aromatic rings. The van der Waals surface area contributed by atoms with Crippen molar-refractivity contribution in [1.29, 1.82) is 0 Å². The number of carboxylic acids is 1. The van der Waals surface area contributed by atoms with Crippen LogP contribution in [0, 0.1) is 0 Å². The Morgan fingerprint density at radius 1 is 1.36 bits per heavy atom. The SMILES string of the molecule is CC(=O)Oc1ccc(C[C@H](NCC(C)(C)O[C]=O)C(=O)O)c(CF)c1. The summed E-state index contributed by atoms with van der Waals surface area (Å²) in [5.74, 6) is -1.46. The Labute approximate surface area is 145 Å². The Morgan fingerprint density at radius 3 is 2.56 bits per heavy atom. The van der Waals surface area contributed by atoms with Crippen molar-refractivity contribution < 1.29 is 33.4 Å². The monoisotopic (exact) mass is 354 g/mol. The molecular formula is C17H21FNO6. The molecule has 0 fully saturated rings. The van der Waals surface area contributed by atoms with E-state index in [1.165, 1.54) is 31.6 Å². The number of alkyl halides is 1. The molecule has 1 atom stereocenters. The second kappa shape index (κ2) is 9.12.